The van der Waals surface area contributed by atoms with Gasteiger partial charge in [0.1, 0.15) is 0 Å². The molecule has 2 heteroatoms. The van der Waals surface area contributed by atoms with Gasteiger partial charge in [0.15, 0.2) is 0 Å². The van der Waals surface area contributed by atoms with Crippen LogP contribution in [-0.2, 0) is 0 Å². The van der Waals surface area contributed by atoms with Crippen molar-refractivity contribution in [3.8, 4) is 0 Å². The molecule has 1 aromatic rings. The Balaban J connectivity index is 1.92. The second kappa shape index (κ2) is 6.18. The number of nitrogens with two attached hydrogens (primary N) is 1. The summed E-state index contributed by atoms with van der Waals surface area (Å²) in [5, 5.41) is 3.79. The molecular formula is C15H24N2. The van der Waals surface area contributed by atoms with Gasteiger partial charge in [-0.1, -0.05) is 37.3 Å². The Morgan fingerprint density at radius 1 is 1.18 bits per heavy atom. The lowest BCUT2D eigenvalue weighted by molar-refractivity contribution is 0.312. The lowest BCUT2D eigenvalue weighted by Gasteiger charge is -2.30. The maximum absolute atomic E-state index is 5.94. The summed E-state index contributed by atoms with van der Waals surface area (Å²) >= 11 is 0. The van der Waals surface area contributed by atoms with Crippen molar-refractivity contribution in [1.29, 1.82) is 0 Å². The Morgan fingerprint density at radius 2 is 1.82 bits per heavy atom. The third-order valence-electron chi connectivity index (χ3n) is 3.82. The fourth-order valence-electron chi connectivity index (χ4n) is 2.71. The number of nitrogens with one attached hydrogen (secondary N) is 1. The van der Waals surface area contributed by atoms with Gasteiger partial charge in [0.2, 0.25) is 0 Å². The van der Waals surface area contributed by atoms with Crippen LogP contribution in [0.25, 0.3) is 0 Å². The number of hydrogen-bond donors (Lipinski definition) is 2. The zero-order valence-electron chi connectivity index (χ0n) is 10.7. The quantitative estimate of drug-likeness (QED) is 0.837. The van der Waals surface area contributed by atoms with Crippen molar-refractivity contribution in [3.63, 3.8) is 0 Å². The molecule has 1 aliphatic rings. The fraction of sp³-hybridized carbons (Fsp3) is 0.600. The number of hydrogen-bond acceptors (Lipinski definition) is 2. The van der Waals surface area contributed by atoms with E-state index in [0.29, 0.717) is 18.1 Å². The first kappa shape index (κ1) is 12.6. The Morgan fingerprint density at radius 3 is 2.41 bits per heavy atom. The molecule has 94 valence electrons. The topological polar surface area (TPSA) is 38.0 Å². The Labute approximate surface area is 105 Å². The van der Waals surface area contributed by atoms with Crippen LogP contribution < -0.4 is 11.1 Å². The third-order valence-corrected chi connectivity index (χ3v) is 3.82. The first-order valence-electron chi connectivity index (χ1n) is 6.86. The average Bonchev–Trinajstić information content (AvgIpc) is 2.39. The van der Waals surface area contributed by atoms with E-state index in [-0.39, 0.29) is 0 Å². The van der Waals surface area contributed by atoms with Crippen molar-refractivity contribution in [2.45, 2.75) is 57.2 Å². The summed E-state index contributed by atoms with van der Waals surface area (Å²) in [6.07, 6.45) is 5.94. The molecule has 3 N–H and O–H groups in total. The van der Waals surface area contributed by atoms with E-state index in [1.54, 1.807) is 0 Å². The SMILES string of the molecule is CCC(NC1CCC(N)CC1)c1ccccc1. The first-order valence-corrected chi connectivity index (χ1v) is 6.86. The van der Waals surface area contributed by atoms with Crippen LogP contribution in [0.1, 0.15) is 50.6 Å². The molecule has 1 atom stereocenters. The van der Waals surface area contributed by atoms with Crippen molar-refractivity contribution in [3.05, 3.63) is 35.9 Å². The summed E-state index contributed by atoms with van der Waals surface area (Å²) in [7, 11) is 0. The van der Waals surface area contributed by atoms with Gasteiger partial charge in [0.25, 0.3) is 0 Å². The predicted octanol–water partition coefficient (Wildman–Crippen LogP) is 3.00. The highest BCUT2D eigenvalue weighted by atomic mass is 15.0. The molecule has 1 aliphatic carbocycles. The van der Waals surface area contributed by atoms with E-state index in [4.69, 9.17) is 5.73 Å². The van der Waals surface area contributed by atoms with E-state index in [1.165, 1.54) is 31.2 Å². The molecule has 0 heterocycles. The summed E-state index contributed by atoms with van der Waals surface area (Å²) in [5.41, 5.74) is 7.35. The summed E-state index contributed by atoms with van der Waals surface area (Å²) in [6, 6.07) is 12.3. The minimum absolute atomic E-state index is 0.435. The van der Waals surface area contributed by atoms with Gasteiger partial charge in [-0.2, -0.15) is 0 Å². The van der Waals surface area contributed by atoms with Crippen LogP contribution in [0, 0.1) is 0 Å². The monoisotopic (exact) mass is 232 g/mol. The van der Waals surface area contributed by atoms with Gasteiger partial charge in [-0.25, -0.2) is 0 Å². The van der Waals surface area contributed by atoms with Crippen LogP contribution in [0.3, 0.4) is 0 Å². The van der Waals surface area contributed by atoms with Crippen molar-refractivity contribution in [2.75, 3.05) is 0 Å². The predicted molar refractivity (Wildman–Crippen MR) is 72.8 cm³/mol. The zero-order valence-corrected chi connectivity index (χ0v) is 10.7. The second-order valence-electron chi connectivity index (χ2n) is 5.15. The number of rotatable bonds is 4. The Hall–Kier alpha value is -0.860. The smallest absolute Gasteiger partial charge is 0.0320 e. The fourth-order valence-corrected chi connectivity index (χ4v) is 2.71. The highest BCUT2D eigenvalue weighted by molar-refractivity contribution is 5.18. The minimum atomic E-state index is 0.435. The molecule has 0 radical (unpaired) electrons. The maximum Gasteiger partial charge on any atom is 0.0320 e. The molecule has 0 bridgehead atoms. The lowest BCUT2D eigenvalue weighted by atomic mass is 9.90. The molecule has 0 aromatic heterocycles. The van der Waals surface area contributed by atoms with Crippen LogP contribution in [0.15, 0.2) is 30.3 Å². The molecule has 1 saturated carbocycles. The lowest BCUT2D eigenvalue weighted by Crippen LogP contribution is -2.39. The summed E-state index contributed by atoms with van der Waals surface area (Å²) < 4.78 is 0. The Bertz CT molecular complexity index is 315. The molecule has 17 heavy (non-hydrogen) atoms. The summed E-state index contributed by atoms with van der Waals surface area (Å²) in [4.78, 5) is 0. The largest absolute Gasteiger partial charge is 0.328 e. The van der Waals surface area contributed by atoms with Crippen LogP contribution >= 0.6 is 0 Å². The average molecular weight is 232 g/mol. The van der Waals surface area contributed by atoms with Gasteiger partial charge >= 0.3 is 0 Å². The Kier molecular flexibility index (Phi) is 4.57. The molecule has 2 rings (SSSR count). The molecule has 0 spiro atoms. The third kappa shape index (κ3) is 3.55. The van der Waals surface area contributed by atoms with Crippen molar-refractivity contribution < 1.29 is 0 Å². The molecule has 1 fully saturated rings. The van der Waals surface area contributed by atoms with Crippen LogP contribution in [0.2, 0.25) is 0 Å². The first-order chi connectivity index (χ1) is 8.29. The van der Waals surface area contributed by atoms with Crippen LogP contribution in [0.4, 0.5) is 0 Å². The normalized spacial score (nSPS) is 26.7. The van der Waals surface area contributed by atoms with Crippen molar-refractivity contribution >= 4 is 0 Å². The summed E-state index contributed by atoms with van der Waals surface area (Å²) in [6.45, 7) is 2.25. The molecule has 0 aliphatic heterocycles. The van der Waals surface area contributed by atoms with E-state index in [9.17, 15) is 0 Å². The molecule has 2 nitrogen and oxygen atoms in total. The molecular weight excluding hydrogens is 208 g/mol. The van der Waals surface area contributed by atoms with E-state index in [2.05, 4.69) is 42.6 Å². The maximum atomic E-state index is 5.94. The van der Waals surface area contributed by atoms with Gasteiger partial charge in [-0.3, -0.25) is 0 Å². The minimum Gasteiger partial charge on any atom is -0.328 e. The highest BCUT2D eigenvalue weighted by Crippen LogP contribution is 2.22. The van der Waals surface area contributed by atoms with E-state index in [1.807, 2.05) is 0 Å². The van der Waals surface area contributed by atoms with Gasteiger partial charge in [0, 0.05) is 18.1 Å². The standard InChI is InChI=1S/C15H24N2/c1-2-15(12-6-4-3-5-7-12)17-14-10-8-13(16)9-11-14/h3-7,13-15,17H,2,8-11,16H2,1H3. The van der Waals surface area contributed by atoms with Gasteiger partial charge in [-0.15, -0.1) is 0 Å². The molecule has 1 unspecified atom stereocenters. The van der Waals surface area contributed by atoms with Crippen molar-refractivity contribution in [2.24, 2.45) is 5.73 Å². The van der Waals surface area contributed by atoms with E-state index < -0.39 is 0 Å². The van der Waals surface area contributed by atoms with Gasteiger partial charge in [0.05, 0.1) is 0 Å². The van der Waals surface area contributed by atoms with Crippen LogP contribution in [0.5, 0.6) is 0 Å². The molecule has 1 aromatic carbocycles. The van der Waals surface area contributed by atoms with E-state index in [0.717, 1.165) is 6.42 Å². The highest BCUT2D eigenvalue weighted by Gasteiger charge is 2.21. The summed E-state index contributed by atoms with van der Waals surface area (Å²) in [5.74, 6) is 0. The van der Waals surface area contributed by atoms with E-state index >= 15 is 0 Å². The molecule has 0 saturated heterocycles. The van der Waals surface area contributed by atoms with Crippen LogP contribution in [-0.4, -0.2) is 12.1 Å². The molecule has 0 amide bonds. The zero-order chi connectivity index (χ0) is 12.1. The van der Waals surface area contributed by atoms with Gasteiger partial charge in [-0.05, 0) is 37.7 Å². The number of benzene rings is 1. The second-order valence-corrected chi connectivity index (χ2v) is 5.15. The van der Waals surface area contributed by atoms with Gasteiger partial charge < -0.3 is 11.1 Å². The van der Waals surface area contributed by atoms with Crippen molar-refractivity contribution in [1.82, 2.24) is 5.32 Å².